The van der Waals surface area contributed by atoms with Crippen LogP contribution in [0.3, 0.4) is 0 Å². The Hall–Kier alpha value is -2.04. The minimum Gasteiger partial charge on any atom is -0.465 e. The summed E-state index contributed by atoms with van der Waals surface area (Å²) in [7, 11) is 0. The number of hydrogen-bond acceptors (Lipinski definition) is 4. The molecule has 0 spiro atoms. The zero-order valence-corrected chi connectivity index (χ0v) is 25.1. The number of unbranched alkanes of at least 4 members (excludes halogenated alkanes) is 2. The van der Waals surface area contributed by atoms with E-state index < -0.39 is 0 Å². The summed E-state index contributed by atoms with van der Waals surface area (Å²) in [4.78, 5) is 0. The first kappa shape index (κ1) is 30.5. The van der Waals surface area contributed by atoms with Crippen LogP contribution in [0.1, 0.15) is 111 Å². The van der Waals surface area contributed by atoms with Crippen molar-refractivity contribution >= 4 is 0 Å². The molecule has 2 aromatic rings. The number of hydrogen-bond donors (Lipinski definition) is 0. The molecule has 0 radical (unpaired) electrons. The third-order valence-electron chi connectivity index (χ3n) is 8.56. The molecule has 212 valence electrons. The highest BCUT2D eigenvalue weighted by Gasteiger charge is 2.39. The average Bonchev–Trinajstić information content (AvgIpc) is 2.90. The van der Waals surface area contributed by atoms with Gasteiger partial charge < -0.3 is 18.9 Å². The van der Waals surface area contributed by atoms with E-state index in [0.29, 0.717) is 5.92 Å². The van der Waals surface area contributed by atoms with Crippen LogP contribution < -0.4 is 9.47 Å². The largest absolute Gasteiger partial charge is 0.465 e. The fourth-order valence-corrected chi connectivity index (χ4v) is 5.64. The Morgan fingerprint density at radius 3 is 1.66 bits per heavy atom. The van der Waals surface area contributed by atoms with E-state index in [2.05, 4.69) is 83.1 Å². The van der Waals surface area contributed by atoms with Crippen LogP contribution in [-0.4, -0.2) is 25.8 Å². The molecule has 0 bridgehead atoms. The van der Waals surface area contributed by atoms with Crippen molar-refractivity contribution in [1.29, 1.82) is 0 Å². The Bertz CT molecular complexity index is 926. The van der Waals surface area contributed by atoms with E-state index in [1.165, 1.54) is 36.8 Å². The minimum atomic E-state index is -0.223. The molecular formula is C34H52O4. The summed E-state index contributed by atoms with van der Waals surface area (Å²) in [5.41, 5.74) is 3.13. The van der Waals surface area contributed by atoms with Gasteiger partial charge in [-0.15, -0.1) is 0 Å². The summed E-state index contributed by atoms with van der Waals surface area (Å²) in [6, 6.07) is 17.4. The highest BCUT2D eigenvalue weighted by atomic mass is 16.7. The van der Waals surface area contributed by atoms with Crippen LogP contribution in [0.25, 0.3) is 0 Å². The smallest absolute Gasteiger partial charge is 0.196 e. The molecule has 1 fully saturated rings. The van der Waals surface area contributed by atoms with Crippen molar-refractivity contribution in [3.63, 3.8) is 0 Å². The van der Waals surface area contributed by atoms with Gasteiger partial charge in [-0.1, -0.05) is 71.7 Å². The van der Waals surface area contributed by atoms with Crippen molar-refractivity contribution in [3.05, 3.63) is 59.7 Å². The van der Waals surface area contributed by atoms with Crippen molar-refractivity contribution in [1.82, 2.24) is 0 Å². The number of rotatable bonds is 15. The average molecular weight is 525 g/mol. The van der Waals surface area contributed by atoms with Gasteiger partial charge in [0.15, 0.2) is 12.6 Å². The topological polar surface area (TPSA) is 36.9 Å². The molecule has 0 heterocycles. The van der Waals surface area contributed by atoms with Crippen LogP contribution in [0.15, 0.2) is 48.5 Å². The highest BCUT2D eigenvalue weighted by Crippen LogP contribution is 2.48. The Morgan fingerprint density at radius 1 is 0.763 bits per heavy atom. The molecule has 1 saturated carbocycles. The summed E-state index contributed by atoms with van der Waals surface area (Å²) in [5.74, 6) is 2.41. The molecule has 0 amide bonds. The Balaban J connectivity index is 1.53. The van der Waals surface area contributed by atoms with Gasteiger partial charge in [-0.25, -0.2) is 0 Å². The zero-order chi connectivity index (χ0) is 27.6. The number of benzene rings is 2. The maximum absolute atomic E-state index is 5.96. The summed E-state index contributed by atoms with van der Waals surface area (Å²) < 4.78 is 23.4. The van der Waals surface area contributed by atoms with Crippen molar-refractivity contribution < 1.29 is 18.9 Å². The van der Waals surface area contributed by atoms with Gasteiger partial charge in [0.1, 0.15) is 11.5 Å². The normalized spacial score (nSPS) is 21.6. The van der Waals surface area contributed by atoms with Crippen molar-refractivity contribution in [3.8, 4) is 11.5 Å². The van der Waals surface area contributed by atoms with Gasteiger partial charge in [-0.3, -0.25) is 0 Å². The van der Waals surface area contributed by atoms with Gasteiger partial charge in [0.25, 0.3) is 0 Å². The zero-order valence-electron chi connectivity index (χ0n) is 25.1. The first-order chi connectivity index (χ1) is 18.2. The molecule has 1 aliphatic rings. The van der Waals surface area contributed by atoms with Crippen LogP contribution >= 0.6 is 0 Å². The minimum absolute atomic E-state index is 0.120. The van der Waals surface area contributed by atoms with Crippen LogP contribution in [0, 0.1) is 5.92 Å². The molecule has 2 unspecified atom stereocenters. The first-order valence-corrected chi connectivity index (χ1v) is 15.0. The van der Waals surface area contributed by atoms with Crippen molar-refractivity contribution in [2.45, 2.75) is 123 Å². The molecule has 38 heavy (non-hydrogen) atoms. The van der Waals surface area contributed by atoms with Gasteiger partial charge >= 0.3 is 0 Å². The van der Waals surface area contributed by atoms with Crippen LogP contribution in [0.2, 0.25) is 0 Å². The third-order valence-corrected chi connectivity index (χ3v) is 8.56. The Labute approximate surface area is 232 Å². The molecule has 4 heteroatoms. The molecule has 4 nitrogen and oxygen atoms in total. The van der Waals surface area contributed by atoms with Gasteiger partial charge in [-0.2, -0.15) is 0 Å². The Morgan fingerprint density at radius 2 is 1.21 bits per heavy atom. The quantitative estimate of drug-likeness (QED) is 0.172. The maximum Gasteiger partial charge on any atom is 0.196 e. The lowest BCUT2D eigenvalue weighted by molar-refractivity contribution is -0.0677. The molecular weight excluding hydrogens is 472 g/mol. The molecule has 1 aliphatic carbocycles. The van der Waals surface area contributed by atoms with Crippen LogP contribution in [-0.2, 0) is 20.3 Å². The molecule has 2 atom stereocenters. The number of ether oxygens (including phenoxy) is 4. The molecule has 0 N–H and O–H groups in total. The molecule has 2 aromatic carbocycles. The standard InChI is InChI=1S/C34H52O4/c1-8-10-24-35-26(3)37-31-16-12-28(13-17-31)33(5,6)29-20-22-34(7,23-21-29)30-14-18-32(19-15-30)38-27(4)36-25-11-9-2/h12-19,26-27,29H,8-11,20-25H2,1-7H3. The predicted molar refractivity (Wildman–Crippen MR) is 157 cm³/mol. The second-order valence-electron chi connectivity index (χ2n) is 11.9. The Kier molecular flexibility index (Phi) is 11.5. The first-order valence-electron chi connectivity index (χ1n) is 15.0. The second-order valence-corrected chi connectivity index (χ2v) is 11.9. The maximum atomic E-state index is 5.96. The SMILES string of the molecule is CCCCOC(C)Oc1ccc(C2(C)CCC(C(C)(C)c3ccc(OC(C)OCCCC)cc3)CC2)cc1. The van der Waals surface area contributed by atoms with Crippen LogP contribution in [0.4, 0.5) is 0 Å². The fourth-order valence-electron chi connectivity index (χ4n) is 5.64. The molecule has 0 aromatic heterocycles. The molecule has 0 saturated heterocycles. The van der Waals surface area contributed by atoms with E-state index in [1.807, 2.05) is 13.8 Å². The lowest BCUT2D eigenvalue weighted by Crippen LogP contribution is -2.37. The summed E-state index contributed by atoms with van der Waals surface area (Å²) in [6.07, 6.45) is 8.81. The summed E-state index contributed by atoms with van der Waals surface area (Å²) in [5, 5.41) is 0. The van der Waals surface area contributed by atoms with Crippen LogP contribution in [0.5, 0.6) is 11.5 Å². The molecule has 0 aliphatic heterocycles. The van der Waals surface area contributed by atoms with Gasteiger partial charge in [0, 0.05) is 0 Å². The van der Waals surface area contributed by atoms with Gasteiger partial charge in [0.05, 0.1) is 13.2 Å². The summed E-state index contributed by atoms with van der Waals surface area (Å²) in [6.45, 7) is 17.0. The third kappa shape index (κ3) is 8.48. The summed E-state index contributed by atoms with van der Waals surface area (Å²) >= 11 is 0. The van der Waals surface area contributed by atoms with E-state index in [4.69, 9.17) is 18.9 Å². The molecule has 3 rings (SSSR count). The van der Waals surface area contributed by atoms with E-state index in [-0.39, 0.29) is 23.4 Å². The lowest BCUT2D eigenvalue weighted by Gasteiger charge is -2.44. The van der Waals surface area contributed by atoms with Crippen molar-refractivity contribution in [2.75, 3.05) is 13.2 Å². The van der Waals surface area contributed by atoms with E-state index >= 15 is 0 Å². The van der Waals surface area contributed by atoms with Gasteiger partial charge in [-0.05, 0) is 105 Å². The highest BCUT2D eigenvalue weighted by molar-refractivity contribution is 5.34. The fraction of sp³-hybridized carbons (Fsp3) is 0.647. The van der Waals surface area contributed by atoms with E-state index in [0.717, 1.165) is 50.4 Å². The predicted octanol–water partition coefficient (Wildman–Crippen LogP) is 9.20. The monoisotopic (exact) mass is 524 g/mol. The van der Waals surface area contributed by atoms with E-state index in [9.17, 15) is 0 Å². The van der Waals surface area contributed by atoms with Crippen molar-refractivity contribution in [2.24, 2.45) is 5.92 Å². The second kappa shape index (κ2) is 14.4. The van der Waals surface area contributed by atoms with Gasteiger partial charge in [0.2, 0.25) is 0 Å². The van der Waals surface area contributed by atoms with E-state index in [1.54, 1.807) is 0 Å². The lowest BCUT2D eigenvalue weighted by atomic mass is 9.60.